The summed E-state index contributed by atoms with van der Waals surface area (Å²) in [4.78, 5) is 2.70. The highest BCUT2D eigenvalue weighted by Gasteiger charge is 2.46. The van der Waals surface area contributed by atoms with Gasteiger partial charge in [0.25, 0.3) is 0 Å². The third kappa shape index (κ3) is 2.26. The Morgan fingerprint density at radius 2 is 1.76 bits per heavy atom. The molecular weight excluding hydrogens is 208 g/mol. The van der Waals surface area contributed by atoms with Crippen molar-refractivity contribution in [3.8, 4) is 0 Å². The third-order valence-electron chi connectivity index (χ3n) is 5.55. The highest BCUT2D eigenvalue weighted by Crippen LogP contribution is 2.46. The summed E-state index contributed by atoms with van der Waals surface area (Å²) in [5.74, 6) is 0. The van der Waals surface area contributed by atoms with Crippen LogP contribution in [0, 0.1) is 10.8 Å². The summed E-state index contributed by atoms with van der Waals surface area (Å²) in [5, 5.41) is 3.75. The van der Waals surface area contributed by atoms with Gasteiger partial charge in [0.05, 0.1) is 0 Å². The molecule has 2 nitrogen and oxygen atoms in total. The summed E-state index contributed by atoms with van der Waals surface area (Å²) in [6, 6.07) is 0.718. The molecule has 98 valence electrons. The molecule has 0 amide bonds. The van der Waals surface area contributed by atoms with Crippen LogP contribution in [0.15, 0.2) is 0 Å². The Kier molecular flexibility index (Phi) is 2.99. The van der Waals surface area contributed by atoms with E-state index in [0.717, 1.165) is 11.5 Å². The SMILES string of the molecule is CC1(C)CCCNC1CN1CC2(CCCC2)C1. The standard InChI is InChI=1S/C15H28N2/c1-14(2)6-5-9-16-13(14)10-17-11-15(12-17)7-3-4-8-15/h13,16H,3-12H2,1-2H3. The lowest BCUT2D eigenvalue weighted by Crippen LogP contribution is -2.61. The average molecular weight is 236 g/mol. The zero-order chi connectivity index (χ0) is 11.9. The third-order valence-corrected chi connectivity index (χ3v) is 5.55. The Bertz CT molecular complexity index is 271. The van der Waals surface area contributed by atoms with E-state index in [2.05, 4.69) is 24.1 Å². The first-order valence-electron chi connectivity index (χ1n) is 7.56. The van der Waals surface area contributed by atoms with E-state index < -0.39 is 0 Å². The smallest absolute Gasteiger partial charge is 0.0246 e. The molecule has 2 aliphatic heterocycles. The Labute approximate surface area is 106 Å². The molecule has 2 saturated heterocycles. The Balaban J connectivity index is 1.51. The second-order valence-electron chi connectivity index (χ2n) is 7.48. The fraction of sp³-hybridized carbons (Fsp3) is 1.00. The fourth-order valence-electron chi connectivity index (χ4n) is 4.31. The summed E-state index contributed by atoms with van der Waals surface area (Å²) >= 11 is 0. The number of rotatable bonds is 2. The van der Waals surface area contributed by atoms with Crippen molar-refractivity contribution in [2.45, 2.75) is 58.4 Å². The summed E-state index contributed by atoms with van der Waals surface area (Å²) < 4.78 is 0. The van der Waals surface area contributed by atoms with Crippen LogP contribution in [0.4, 0.5) is 0 Å². The molecular formula is C15H28N2. The molecule has 0 aromatic carbocycles. The van der Waals surface area contributed by atoms with Crippen LogP contribution in [-0.2, 0) is 0 Å². The molecule has 2 heterocycles. The van der Waals surface area contributed by atoms with Crippen LogP contribution in [0.25, 0.3) is 0 Å². The second-order valence-corrected chi connectivity index (χ2v) is 7.48. The summed E-state index contributed by atoms with van der Waals surface area (Å²) in [7, 11) is 0. The molecule has 1 atom stereocenters. The molecule has 0 bridgehead atoms. The van der Waals surface area contributed by atoms with Crippen molar-refractivity contribution in [2.75, 3.05) is 26.2 Å². The van der Waals surface area contributed by atoms with Crippen molar-refractivity contribution >= 4 is 0 Å². The highest BCUT2D eigenvalue weighted by molar-refractivity contribution is 5.00. The molecule has 0 radical (unpaired) electrons. The molecule has 17 heavy (non-hydrogen) atoms. The minimum absolute atomic E-state index is 0.497. The van der Waals surface area contributed by atoms with E-state index in [1.807, 2.05) is 0 Å². The monoisotopic (exact) mass is 236 g/mol. The molecule has 1 N–H and O–H groups in total. The number of hydrogen-bond acceptors (Lipinski definition) is 2. The van der Waals surface area contributed by atoms with Crippen molar-refractivity contribution in [3.05, 3.63) is 0 Å². The van der Waals surface area contributed by atoms with Crippen molar-refractivity contribution in [1.29, 1.82) is 0 Å². The first-order valence-corrected chi connectivity index (χ1v) is 7.56. The maximum absolute atomic E-state index is 3.75. The van der Waals surface area contributed by atoms with Gasteiger partial charge in [0.15, 0.2) is 0 Å². The normalized spacial score (nSPS) is 36.0. The van der Waals surface area contributed by atoms with Gasteiger partial charge in [0.2, 0.25) is 0 Å². The fourth-order valence-corrected chi connectivity index (χ4v) is 4.31. The van der Waals surface area contributed by atoms with Crippen molar-refractivity contribution in [3.63, 3.8) is 0 Å². The summed E-state index contributed by atoms with van der Waals surface area (Å²) in [6.45, 7) is 10.2. The zero-order valence-electron chi connectivity index (χ0n) is 11.6. The van der Waals surface area contributed by atoms with Gasteiger partial charge in [-0.3, -0.25) is 0 Å². The maximum atomic E-state index is 3.75. The molecule has 3 fully saturated rings. The molecule has 1 saturated carbocycles. The van der Waals surface area contributed by atoms with E-state index in [1.165, 1.54) is 64.7 Å². The molecule has 1 unspecified atom stereocenters. The quantitative estimate of drug-likeness (QED) is 0.793. The van der Waals surface area contributed by atoms with Crippen molar-refractivity contribution < 1.29 is 0 Å². The van der Waals surface area contributed by atoms with Gasteiger partial charge in [-0.15, -0.1) is 0 Å². The topological polar surface area (TPSA) is 15.3 Å². The van der Waals surface area contributed by atoms with E-state index in [0.29, 0.717) is 5.41 Å². The number of hydrogen-bond donors (Lipinski definition) is 1. The predicted molar refractivity (Wildman–Crippen MR) is 72.1 cm³/mol. The Morgan fingerprint density at radius 3 is 2.41 bits per heavy atom. The van der Waals surface area contributed by atoms with E-state index in [1.54, 1.807) is 0 Å². The van der Waals surface area contributed by atoms with Gasteiger partial charge < -0.3 is 10.2 Å². The molecule has 3 rings (SSSR count). The van der Waals surface area contributed by atoms with E-state index in [-0.39, 0.29) is 0 Å². The summed E-state index contributed by atoms with van der Waals surface area (Å²) in [5.41, 5.74) is 1.26. The first-order chi connectivity index (χ1) is 8.10. The number of likely N-dealkylation sites (tertiary alicyclic amines) is 1. The largest absolute Gasteiger partial charge is 0.312 e. The molecule has 3 aliphatic rings. The van der Waals surface area contributed by atoms with Gasteiger partial charge in [0, 0.05) is 25.7 Å². The van der Waals surface area contributed by atoms with Gasteiger partial charge in [-0.25, -0.2) is 0 Å². The molecule has 0 aromatic heterocycles. The first kappa shape index (κ1) is 12.0. The van der Waals surface area contributed by atoms with Gasteiger partial charge in [-0.1, -0.05) is 26.7 Å². The molecule has 1 aliphatic carbocycles. The lowest BCUT2D eigenvalue weighted by atomic mass is 9.74. The second kappa shape index (κ2) is 4.24. The minimum Gasteiger partial charge on any atom is -0.312 e. The van der Waals surface area contributed by atoms with Gasteiger partial charge >= 0.3 is 0 Å². The van der Waals surface area contributed by atoms with Crippen LogP contribution in [0.3, 0.4) is 0 Å². The lowest BCUT2D eigenvalue weighted by Gasteiger charge is -2.52. The minimum atomic E-state index is 0.497. The highest BCUT2D eigenvalue weighted by atomic mass is 15.2. The number of nitrogens with zero attached hydrogens (tertiary/aromatic N) is 1. The van der Waals surface area contributed by atoms with Crippen LogP contribution in [0.2, 0.25) is 0 Å². The maximum Gasteiger partial charge on any atom is 0.0246 e. The van der Waals surface area contributed by atoms with Gasteiger partial charge in [-0.05, 0) is 43.1 Å². The Hall–Kier alpha value is -0.0800. The lowest BCUT2D eigenvalue weighted by molar-refractivity contribution is -0.0158. The van der Waals surface area contributed by atoms with Gasteiger partial charge in [-0.2, -0.15) is 0 Å². The van der Waals surface area contributed by atoms with E-state index in [4.69, 9.17) is 0 Å². The van der Waals surface area contributed by atoms with Gasteiger partial charge in [0.1, 0.15) is 0 Å². The molecule has 0 aromatic rings. The zero-order valence-corrected chi connectivity index (χ0v) is 11.6. The van der Waals surface area contributed by atoms with Crippen LogP contribution in [-0.4, -0.2) is 37.1 Å². The van der Waals surface area contributed by atoms with Crippen LogP contribution in [0.1, 0.15) is 52.4 Å². The molecule has 1 spiro atoms. The predicted octanol–water partition coefficient (Wildman–Crippen LogP) is 2.64. The average Bonchev–Trinajstić information content (AvgIpc) is 2.69. The van der Waals surface area contributed by atoms with Crippen molar-refractivity contribution in [1.82, 2.24) is 10.2 Å². The van der Waals surface area contributed by atoms with Crippen LogP contribution >= 0.6 is 0 Å². The molecule has 2 heteroatoms. The summed E-state index contributed by atoms with van der Waals surface area (Å²) in [6.07, 6.45) is 8.73. The van der Waals surface area contributed by atoms with E-state index >= 15 is 0 Å². The van der Waals surface area contributed by atoms with E-state index in [9.17, 15) is 0 Å². The number of piperidine rings is 1. The Morgan fingerprint density at radius 1 is 1.06 bits per heavy atom. The van der Waals surface area contributed by atoms with Crippen LogP contribution < -0.4 is 5.32 Å². The van der Waals surface area contributed by atoms with Crippen molar-refractivity contribution in [2.24, 2.45) is 10.8 Å². The number of nitrogens with one attached hydrogen (secondary N) is 1. The van der Waals surface area contributed by atoms with Crippen LogP contribution in [0.5, 0.6) is 0 Å².